The first kappa shape index (κ1) is 13.7. The van der Waals surface area contributed by atoms with Gasteiger partial charge in [0, 0.05) is 11.4 Å². The minimum atomic E-state index is 0.763. The maximum Gasteiger partial charge on any atom is 0.163 e. The summed E-state index contributed by atoms with van der Waals surface area (Å²) in [5, 5.41) is 3.16. The van der Waals surface area contributed by atoms with Crippen molar-refractivity contribution in [2.24, 2.45) is 0 Å². The molecule has 102 valence electrons. The fourth-order valence-corrected chi connectivity index (χ4v) is 2.28. The number of nitrogens with one attached hydrogen (secondary N) is 1. The smallest absolute Gasteiger partial charge is 0.163 e. The summed E-state index contributed by atoms with van der Waals surface area (Å²) in [6.07, 6.45) is 3.80. The highest BCUT2D eigenvalue weighted by Gasteiger charge is 2.12. The van der Waals surface area contributed by atoms with Crippen LogP contribution >= 0.6 is 0 Å². The van der Waals surface area contributed by atoms with Gasteiger partial charge in [0.2, 0.25) is 0 Å². The van der Waals surface area contributed by atoms with E-state index in [0.29, 0.717) is 0 Å². The van der Waals surface area contributed by atoms with Crippen molar-refractivity contribution in [3.63, 3.8) is 0 Å². The van der Waals surface area contributed by atoms with Gasteiger partial charge < -0.3 is 9.73 Å². The molecule has 0 atom stereocenters. The lowest BCUT2D eigenvalue weighted by atomic mass is 10.1. The molecule has 4 heteroatoms. The van der Waals surface area contributed by atoms with Gasteiger partial charge in [-0.25, -0.2) is 9.97 Å². The van der Waals surface area contributed by atoms with Gasteiger partial charge in [-0.05, 0) is 58.8 Å². The number of hydrogen-bond acceptors (Lipinski definition) is 4. The van der Waals surface area contributed by atoms with E-state index in [1.54, 1.807) is 6.26 Å². The van der Waals surface area contributed by atoms with Crippen LogP contribution in [0.1, 0.15) is 29.1 Å². The van der Waals surface area contributed by atoms with Gasteiger partial charge in [0.25, 0.3) is 0 Å². The SMILES string of the molecule is CNCCCc1c(C)nc(-c2ccoc2C)nc1C. The number of aryl methyl sites for hydroxylation is 3. The molecule has 0 radical (unpaired) electrons. The second kappa shape index (κ2) is 5.97. The maximum absolute atomic E-state index is 5.32. The molecule has 0 bridgehead atoms. The summed E-state index contributed by atoms with van der Waals surface area (Å²) in [7, 11) is 1.97. The lowest BCUT2D eigenvalue weighted by Crippen LogP contribution is -2.10. The highest BCUT2D eigenvalue weighted by Crippen LogP contribution is 2.23. The molecule has 0 fully saturated rings. The summed E-state index contributed by atoms with van der Waals surface area (Å²) in [6.45, 7) is 7.07. The molecule has 19 heavy (non-hydrogen) atoms. The van der Waals surface area contributed by atoms with Crippen LogP contribution in [0, 0.1) is 20.8 Å². The van der Waals surface area contributed by atoms with Gasteiger partial charge in [-0.15, -0.1) is 0 Å². The molecule has 2 aromatic heterocycles. The molecule has 0 saturated heterocycles. The number of hydrogen-bond donors (Lipinski definition) is 1. The first-order chi connectivity index (χ1) is 9.13. The highest BCUT2D eigenvalue weighted by atomic mass is 16.3. The Balaban J connectivity index is 2.29. The third-order valence-electron chi connectivity index (χ3n) is 3.37. The summed E-state index contributed by atoms with van der Waals surface area (Å²) in [4.78, 5) is 9.25. The Morgan fingerprint density at radius 2 is 1.84 bits per heavy atom. The van der Waals surface area contributed by atoms with Crippen LogP contribution in [0.3, 0.4) is 0 Å². The second-order valence-electron chi connectivity index (χ2n) is 4.79. The zero-order valence-corrected chi connectivity index (χ0v) is 12.1. The first-order valence-corrected chi connectivity index (χ1v) is 6.66. The van der Waals surface area contributed by atoms with E-state index in [2.05, 4.69) is 29.1 Å². The minimum Gasteiger partial charge on any atom is -0.469 e. The molecule has 0 saturated carbocycles. The van der Waals surface area contributed by atoms with Crippen molar-refractivity contribution in [3.05, 3.63) is 35.0 Å². The molecule has 0 amide bonds. The Hall–Kier alpha value is -1.68. The van der Waals surface area contributed by atoms with Gasteiger partial charge in [-0.1, -0.05) is 0 Å². The molecule has 2 heterocycles. The number of furan rings is 1. The summed E-state index contributed by atoms with van der Waals surface area (Å²) in [5.41, 5.74) is 4.38. The molecule has 4 nitrogen and oxygen atoms in total. The Labute approximate surface area is 114 Å². The van der Waals surface area contributed by atoms with E-state index in [0.717, 1.165) is 47.9 Å². The minimum absolute atomic E-state index is 0.763. The van der Waals surface area contributed by atoms with Crippen LogP contribution in [0.2, 0.25) is 0 Å². The van der Waals surface area contributed by atoms with E-state index in [4.69, 9.17) is 4.42 Å². The molecular formula is C15H21N3O. The summed E-state index contributed by atoms with van der Waals surface area (Å²) in [6, 6.07) is 1.92. The molecule has 0 aliphatic carbocycles. The normalized spacial score (nSPS) is 10.9. The van der Waals surface area contributed by atoms with Crippen molar-refractivity contribution in [3.8, 4) is 11.4 Å². The fourth-order valence-electron chi connectivity index (χ4n) is 2.28. The summed E-state index contributed by atoms with van der Waals surface area (Å²) >= 11 is 0. The van der Waals surface area contributed by atoms with Crippen LogP contribution in [-0.4, -0.2) is 23.6 Å². The van der Waals surface area contributed by atoms with Gasteiger partial charge in [0.15, 0.2) is 5.82 Å². The lowest BCUT2D eigenvalue weighted by molar-refractivity contribution is 0.535. The number of aromatic nitrogens is 2. The van der Waals surface area contributed by atoms with E-state index in [1.807, 2.05) is 20.0 Å². The maximum atomic E-state index is 5.32. The molecule has 0 aromatic carbocycles. The zero-order valence-electron chi connectivity index (χ0n) is 12.1. The monoisotopic (exact) mass is 259 g/mol. The van der Waals surface area contributed by atoms with E-state index < -0.39 is 0 Å². The van der Waals surface area contributed by atoms with E-state index >= 15 is 0 Å². The van der Waals surface area contributed by atoms with Gasteiger partial charge in [0.05, 0.1) is 11.8 Å². The Morgan fingerprint density at radius 3 is 2.37 bits per heavy atom. The summed E-state index contributed by atoms with van der Waals surface area (Å²) < 4.78 is 5.32. The number of rotatable bonds is 5. The van der Waals surface area contributed by atoms with Crippen LogP contribution in [-0.2, 0) is 6.42 Å². The van der Waals surface area contributed by atoms with Crippen LogP contribution in [0.4, 0.5) is 0 Å². The predicted octanol–water partition coefficient (Wildman–Crippen LogP) is 2.81. The molecule has 0 aliphatic rings. The van der Waals surface area contributed by atoms with Crippen molar-refractivity contribution in [1.82, 2.24) is 15.3 Å². The largest absolute Gasteiger partial charge is 0.469 e. The Bertz CT molecular complexity index is 537. The summed E-state index contributed by atoms with van der Waals surface area (Å²) in [5.74, 6) is 1.63. The highest BCUT2D eigenvalue weighted by molar-refractivity contribution is 5.57. The third kappa shape index (κ3) is 3.01. The van der Waals surface area contributed by atoms with Crippen LogP contribution < -0.4 is 5.32 Å². The fraction of sp³-hybridized carbons (Fsp3) is 0.467. The molecule has 0 spiro atoms. The average molecular weight is 259 g/mol. The number of nitrogens with zero attached hydrogens (tertiary/aromatic N) is 2. The quantitative estimate of drug-likeness (QED) is 0.839. The predicted molar refractivity (Wildman–Crippen MR) is 76.2 cm³/mol. The second-order valence-corrected chi connectivity index (χ2v) is 4.79. The van der Waals surface area contributed by atoms with Crippen molar-refractivity contribution in [2.75, 3.05) is 13.6 Å². The molecule has 0 unspecified atom stereocenters. The average Bonchev–Trinajstić information content (AvgIpc) is 2.79. The van der Waals surface area contributed by atoms with Gasteiger partial charge >= 0.3 is 0 Å². The van der Waals surface area contributed by atoms with E-state index in [-0.39, 0.29) is 0 Å². The first-order valence-electron chi connectivity index (χ1n) is 6.66. The van der Waals surface area contributed by atoms with E-state index in [1.165, 1.54) is 5.56 Å². The molecular weight excluding hydrogens is 238 g/mol. The van der Waals surface area contributed by atoms with Gasteiger partial charge in [0.1, 0.15) is 5.76 Å². The van der Waals surface area contributed by atoms with Crippen molar-refractivity contribution in [2.45, 2.75) is 33.6 Å². The zero-order chi connectivity index (χ0) is 13.8. The van der Waals surface area contributed by atoms with Crippen molar-refractivity contribution in [1.29, 1.82) is 0 Å². The Morgan fingerprint density at radius 1 is 1.16 bits per heavy atom. The van der Waals surface area contributed by atoms with Gasteiger partial charge in [-0.2, -0.15) is 0 Å². The van der Waals surface area contributed by atoms with Crippen LogP contribution in [0.15, 0.2) is 16.7 Å². The van der Waals surface area contributed by atoms with Crippen molar-refractivity contribution >= 4 is 0 Å². The Kier molecular flexibility index (Phi) is 4.32. The third-order valence-corrected chi connectivity index (χ3v) is 3.37. The van der Waals surface area contributed by atoms with Gasteiger partial charge in [-0.3, -0.25) is 0 Å². The van der Waals surface area contributed by atoms with Crippen molar-refractivity contribution < 1.29 is 4.42 Å². The van der Waals surface area contributed by atoms with E-state index in [9.17, 15) is 0 Å². The molecule has 0 aliphatic heterocycles. The van der Waals surface area contributed by atoms with Crippen LogP contribution in [0.5, 0.6) is 0 Å². The molecule has 1 N–H and O–H groups in total. The standard InChI is InChI=1S/C15H21N3O/c1-10-13(6-5-8-16-4)11(2)18-15(17-10)14-7-9-19-12(14)3/h7,9,16H,5-6,8H2,1-4H3. The van der Waals surface area contributed by atoms with Crippen LogP contribution in [0.25, 0.3) is 11.4 Å². The topological polar surface area (TPSA) is 51.0 Å². The lowest BCUT2D eigenvalue weighted by Gasteiger charge is -2.10. The molecule has 2 rings (SSSR count). The molecule has 2 aromatic rings.